The largest absolute Gasteiger partial charge is 0.382 e. The van der Waals surface area contributed by atoms with Gasteiger partial charge in [0.1, 0.15) is 6.10 Å². The lowest BCUT2D eigenvalue weighted by Crippen LogP contribution is -2.48. The summed E-state index contributed by atoms with van der Waals surface area (Å²) in [5.41, 5.74) is 0. The van der Waals surface area contributed by atoms with Crippen LogP contribution in [0.3, 0.4) is 0 Å². The molecule has 1 amide bonds. The lowest BCUT2D eigenvalue weighted by molar-refractivity contribution is -0.134. The smallest absolute Gasteiger partial charge is 0.250 e. The molecule has 0 aromatic heterocycles. The molecule has 0 spiro atoms. The van der Waals surface area contributed by atoms with E-state index in [2.05, 4.69) is 10.6 Å². The average Bonchev–Trinajstić information content (AvgIpc) is 2.34. The van der Waals surface area contributed by atoms with Gasteiger partial charge in [-0.05, 0) is 0 Å². The first kappa shape index (κ1) is 16.6. The molecule has 6 nitrogen and oxygen atoms in total. The fraction of sp³-hybridized carbons (Fsp3) is 0.900. The van der Waals surface area contributed by atoms with Crippen molar-refractivity contribution in [3.8, 4) is 0 Å². The Labute approximate surface area is 108 Å². The number of rotatable bonds is 7. The van der Waals surface area contributed by atoms with Gasteiger partial charge in [0.05, 0.1) is 26.4 Å². The van der Waals surface area contributed by atoms with Crippen LogP contribution in [0.4, 0.5) is 0 Å². The highest BCUT2D eigenvalue weighted by molar-refractivity contribution is 5.85. The van der Waals surface area contributed by atoms with E-state index >= 15 is 0 Å². The van der Waals surface area contributed by atoms with Crippen LogP contribution in [0.2, 0.25) is 0 Å². The molecule has 0 aromatic carbocycles. The Kier molecular flexibility index (Phi) is 10.5. The van der Waals surface area contributed by atoms with Crippen LogP contribution in [-0.4, -0.2) is 65.2 Å². The number of amides is 1. The van der Waals surface area contributed by atoms with Gasteiger partial charge in [0, 0.05) is 26.7 Å². The van der Waals surface area contributed by atoms with Crippen molar-refractivity contribution < 1.29 is 19.0 Å². The molecule has 0 saturated carbocycles. The van der Waals surface area contributed by atoms with E-state index in [0.717, 1.165) is 6.54 Å². The highest BCUT2D eigenvalue weighted by atomic mass is 35.5. The number of morpholine rings is 1. The second-order valence-corrected chi connectivity index (χ2v) is 3.46. The summed E-state index contributed by atoms with van der Waals surface area (Å²) in [4.78, 5) is 11.5. The van der Waals surface area contributed by atoms with Crippen molar-refractivity contribution in [2.75, 3.05) is 53.2 Å². The van der Waals surface area contributed by atoms with Gasteiger partial charge in [-0.15, -0.1) is 12.4 Å². The fourth-order valence-electron chi connectivity index (χ4n) is 1.34. The molecule has 0 aromatic rings. The van der Waals surface area contributed by atoms with E-state index in [4.69, 9.17) is 14.2 Å². The van der Waals surface area contributed by atoms with Crippen molar-refractivity contribution in [3.63, 3.8) is 0 Å². The van der Waals surface area contributed by atoms with E-state index in [1.807, 2.05) is 0 Å². The molecule has 1 atom stereocenters. The highest BCUT2D eigenvalue weighted by Gasteiger charge is 2.20. The molecule has 17 heavy (non-hydrogen) atoms. The minimum Gasteiger partial charge on any atom is -0.382 e. The molecular formula is C10H21ClN2O4. The zero-order valence-electron chi connectivity index (χ0n) is 10.1. The zero-order chi connectivity index (χ0) is 11.6. The maximum Gasteiger partial charge on any atom is 0.250 e. The molecule has 1 fully saturated rings. The SMILES string of the molecule is COCCOCCNC(=O)C1CNCCO1.Cl. The van der Waals surface area contributed by atoms with Gasteiger partial charge in [0.25, 0.3) is 5.91 Å². The molecule has 2 N–H and O–H groups in total. The maximum absolute atomic E-state index is 11.5. The van der Waals surface area contributed by atoms with Gasteiger partial charge in [0.15, 0.2) is 0 Å². The predicted molar refractivity (Wildman–Crippen MR) is 65.6 cm³/mol. The summed E-state index contributed by atoms with van der Waals surface area (Å²) in [6.45, 7) is 4.10. The van der Waals surface area contributed by atoms with Crippen LogP contribution in [0.5, 0.6) is 0 Å². The summed E-state index contributed by atoms with van der Waals surface area (Å²) in [5, 5.41) is 5.86. The Morgan fingerprint density at radius 1 is 1.47 bits per heavy atom. The van der Waals surface area contributed by atoms with E-state index in [1.54, 1.807) is 7.11 Å². The van der Waals surface area contributed by atoms with Crippen molar-refractivity contribution in [2.24, 2.45) is 0 Å². The van der Waals surface area contributed by atoms with Gasteiger partial charge in [-0.3, -0.25) is 4.79 Å². The number of carbonyl (C=O) groups is 1. The lowest BCUT2D eigenvalue weighted by Gasteiger charge is -2.22. The van der Waals surface area contributed by atoms with Gasteiger partial charge in [-0.2, -0.15) is 0 Å². The van der Waals surface area contributed by atoms with E-state index in [9.17, 15) is 4.79 Å². The van der Waals surface area contributed by atoms with Crippen LogP contribution >= 0.6 is 12.4 Å². The van der Waals surface area contributed by atoms with Gasteiger partial charge < -0.3 is 24.8 Å². The van der Waals surface area contributed by atoms with Crippen LogP contribution in [0.1, 0.15) is 0 Å². The Balaban J connectivity index is 0.00000256. The molecule has 0 radical (unpaired) electrons. The first-order valence-corrected chi connectivity index (χ1v) is 5.51. The molecule has 102 valence electrons. The van der Waals surface area contributed by atoms with Crippen molar-refractivity contribution in [1.82, 2.24) is 10.6 Å². The number of carbonyl (C=O) groups excluding carboxylic acids is 1. The second-order valence-electron chi connectivity index (χ2n) is 3.46. The summed E-state index contributed by atoms with van der Waals surface area (Å²) >= 11 is 0. The number of hydrogen-bond acceptors (Lipinski definition) is 5. The number of nitrogens with one attached hydrogen (secondary N) is 2. The highest BCUT2D eigenvalue weighted by Crippen LogP contribution is 1.95. The fourth-order valence-corrected chi connectivity index (χ4v) is 1.34. The maximum atomic E-state index is 11.5. The number of hydrogen-bond donors (Lipinski definition) is 2. The van der Waals surface area contributed by atoms with Crippen LogP contribution in [0.15, 0.2) is 0 Å². The number of halogens is 1. The van der Waals surface area contributed by atoms with Crippen LogP contribution in [-0.2, 0) is 19.0 Å². The molecule has 1 rings (SSSR count). The standard InChI is InChI=1S/C10H20N2O4.ClH/c1-14-6-7-15-4-3-12-10(13)9-8-11-2-5-16-9;/h9,11H,2-8H2,1H3,(H,12,13);1H. The van der Waals surface area contributed by atoms with Crippen LogP contribution in [0.25, 0.3) is 0 Å². The van der Waals surface area contributed by atoms with Crippen molar-refractivity contribution in [2.45, 2.75) is 6.10 Å². The lowest BCUT2D eigenvalue weighted by atomic mass is 10.3. The topological polar surface area (TPSA) is 68.8 Å². The second kappa shape index (κ2) is 10.7. The number of methoxy groups -OCH3 is 1. The van der Waals surface area contributed by atoms with Crippen molar-refractivity contribution in [3.05, 3.63) is 0 Å². The van der Waals surface area contributed by atoms with E-state index in [-0.39, 0.29) is 24.4 Å². The molecule has 0 bridgehead atoms. The normalized spacial score (nSPS) is 19.5. The molecule has 1 aliphatic heterocycles. The van der Waals surface area contributed by atoms with Crippen LogP contribution < -0.4 is 10.6 Å². The summed E-state index contributed by atoms with van der Waals surface area (Å²) in [7, 11) is 1.62. The third-order valence-electron chi connectivity index (χ3n) is 2.20. The van der Waals surface area contributed by atoms with Gasteiger partial charge in [-0.25, -0.2) is 0 Å². The first-order chi connectivity index (χ1) is 7.84. The summed E-state index contributed by atoms with van der Waals surface area (Å²) in [6, 6.07) is 0. The summed E-state index contributed by atoms with van der Waals surface area (Å²) in [5.74, 6) is -0.0810. The first-order valence-electron chi connectivity index (χ1n) is 5.51. The molecule has 1 heterocycles. The zero-order valence-corrected chi connectivity index (χ0v) is 10.9. The number of ether oxygens (including phenoxy) is 3. The third kappa shape index (κ3) is 7.51. The van der Waals surface area contributed by atoms with Gasteiger partial charge in [-0.1, -0.05) is 0 Å². The molecule has 0 aliphatic carbocycles. The van der Waals surface area contributed by atoms with Crippen LogP contribution in [0, 0.1) is 0 Å². The minimum atomic E-state index is -0.368. The predicted octanol–water partition coefficient (Wildman–Crippen LogP) is -0.824. The quantitative estimate of drug-likeness (QED) is 0.591. The van der Waals surface area contributed by atoms with E-state index in [1.165, 1.54) is 0 Å². The monoisotopic (exact) mass is 268 g/mol. The van der Waals surface area contributed by atoms with Crippen molar-refractivity contribution >= 4 is 18.3 Å². The Bertz CT molecular complexity index is 201. The Morgan fingerprint density at radius 3 is 2.94 bits per heavy atom. The molecule has 1 saturated heterocycles. The molecule has 1 aliphatic rings. The Hall–Kier alpha value is -0.400. The minimum absolute atomic E-state index is 0. The molecular weight excluding hydrogens is 248 g/mol. The van der Waals surface area contributed by atoms with E-state index in [0.29, 0.717) is 39.5 Å². The summed E-state index contributed by atoms with van der Waals surface area (Å²) < 4.78 is 15.3. The van der Waals surface area contributed by atoms with Gasteiger partial charge >= 0.3 is 0 Å². The Morgan fingerprint density at radius 2 is 2.29 bits per heavy atom. The average molecular weight is 269 g/mol. The molecule has 7 heteroatoms. The van der Waals surface area contributed by atoms with Crippen molar-refractivity contribution in [1.29, 1.82) is 0 Å². The molecule has 1 unspecified atom stereocenters. The van der Waals surface area contributed by atoms with Gasteiger partial charge in [0.2, 0.25) is 0 Å². The third-order valence-corrected chi connectivity index (χ3v) is 2.20. The summed E-state index contributed by atoms with van der Waals surface area (Å²) in [6.07, 6.45) is -0.368. The van der Waals surface area contributed by atoms with E-state index < -0.39 is 0 Å².